The summed E-state index contributed by atoms with van der Waals surface area (Å²) in [5, 5.41) is 11.9. The van der Waals surface area contributed by atoms with Crippen molar-refractivity contribution in [3.63, 3.8) is 0 Å². The number of amides is 1. The molecular formula is C15H21NO3. The van der Waals surface area contributed by atoms with E-state index in [1.165, 1.54) is 0 Å². The summed E-state index contributed by atoms with van der Waals surface area (Å²) in [6.45, 7) is 1.46. The van der Waals surface area contributed by atoms with Gasteiger partial charge in [0.15, 0.2) is 0 Å². The molecule has 1 saturated carbocycles. The largest absolute Gasteiger partial charge is 0.392 e. The standard InChI is InChI=1S/C15H21NO3/c1-19-11-15(6-7-15)10-16-14(18)8-12-2-4-13(9-17)5-3-12/h2-5,17H,6-11H2,1H3,(H,16,18). The molecule has 0 unspecified atom stereocenters. The van der Waals surface area contributed by atoms with Gasteiger partial charge in [-0.3, -0.25) is 4.79 Å². The predicted octanol–water partition coefficient (Wildman–Crippen LogP) is 1.26. The molecule has 1 aromatic carbocycles. The van der Waals surface area contributed by atoms with Crippen molar-refractivity contribution in [1.82, 2.24) is 5.32 Å². The monoisotopic (exact) mass is 263 g/mol. The third-order valence-electron chi connectivity index (χ3n) is 3.64. The second kappa shape index (κ2) is 6.17. The van der Waals surface area contributed by atoms with Gasteiger partial charge < -0.3 is 15.2 Å². The van der Waals surface area contributed by atoms with Gasteiger partial charge in [-0.2, -0.15) is 0 Å². The normalized spacial score (nSPS) is 16.1. The Balaban J connectivity index is 1.77. The van der Waals surface area contributed by atoms with Gasteiger partial charge in [-0.25, -0.2) is 0 Å². The van der Waals surface area contributed by atoms with Gasteiger partial charge >= 0.3 is 0 Å². The molecule has 19 heavy (non-hydrogen) atoms. The first-order valence-electron chi connectivity index (χ1n) is 6.62. The van der Waals surface area contributed by atoms with Gasteiger partial charge in [-0.05, 0) is 24.0 Å². The van der Waals surface area contributed by atoms with Crippen molar-refractivity contribution in [2.45, 2.75) is 25.9 Å². The lowest BCUT2D eigenvalue weighted by Gasteiger charge is -2.14. The summed E-state index contributed by atoms with van der Waals surface area (Å²) >= 11 is 0. The zero-order chi connectivity index (χ0) is 13.7. The van der Waals surface area contributed by atoms with E-state index in [-0.39, 0.29) is 17.9 Å². The molecule has 0 spiro atoms. The van der Waals surface area contributed by atoms with E-state index in [0.717, 1.165) is 30.6 Å². The summed E-state index contributed by atoms with van der Waals surface area (Å²) in [4.78, 5) is 11.8. The third-order valence-corrected chi connectivity index (χ3v) is 3.64. The van der Waals surface area contributed by atoms with Crippen molar-refractivity contribution >= 4 is 5.91 Å². The smallest absolute Gasteiger partial charge is 0.224 e. The van der Waals surface area contributed by atoms with Crippen LogP contribution in [0.5, 0.6) is 0 Å². The van der Waals surface area contributed by atoms with Gasteiger partial charge in [0.1, 0.15) is 0 Å². The zero-order valence-corrected chi connectivity index (χ0v) is 11.3. The number of ether oxygens (including phenoxy) is 1. The minimum Gasteiger partial charge on any atom is -0.392 e. The third kappa shape index (κ3) is 4.04. The SMILES string of the molecule is COCC1(CNC(=O)Cc2ccc(CO)cc2)CC1. The number of methoxy groups -OCH3 is 1. The van der Waals surface area contributed by atoms with Crippen LogP contribution >= 0.6 is 0 Å². The number of benzene rings is 1. The molecule has 4 heteroatoms. The van der Waals surface area contributed by atoms with Crippen LogP contribution in [-0.4, -0.2) is 31.3 Å². The van der Waals surface area contributed by atoms with Crippen molar-refractivity contribution in [3.05, 3.63) is 35.4 Å². The summed E-state index contributed by atoms with van der Waals surface area (Å²) in [6.07, 6.45) is 2.65. The van der Waals surface area contributed by atoms with Crippen LogP contribution < -0.4 is 5.32 Å². The molecule has 4 nitrogen and oxygen atoms in total. The molecule has 1 aromatic rings. The van der Waals surface area contributed by atoms with E-state index in [4.69, 9.17) is 9.84 Å². The quantitative estimate of drug-likeness (QED) is 0.778. The summed E-state index contributed by atoms with van der Waals surface area (Å²) in [6, 6.07) is 7.45. The molecule has 0 aliphatic heterocycles. The molecular weight excluding hydrogens is 242 g/mol. The lowest BCUT2D eigenvalue weighted by molar-refractivity contribution is -0.120. The lowest BCUT2D eigenvalue weighted by atomic mass is 10.1. The second-order valence-corrected chi connectivity index (χ2v) is 5.36. The molecule has 1 amide bonds. The van der Waals surface area contributed by atoms with E-state index in [0.29, 0.717) is 13.0 Å². The summed E-state index contributed by atoms with van der Waals surface area (Å²) in [5.74, 6) is 0.0409. The minimum atomic E-state index is 0.0337. The Kier molecular flexibility index (Phi) is 4.56. The topological polar surface area (TPSA) is 58.6 Å². The van der Waals surface area contributed by atoms with Gasteiger partial charge in [-0.15, -0.1) is 0 Å². The molecule has 1 fully saturated rings. The summed E-state index contributed by atoms with van der Waals surface area (Å²) in [5.41, 5.74) is 2.01. The van der Waals surface area contributed by atoms with Crippen LogP contribution in [0.3, 0.4) is 0 Å². The molecule has 0 radical (unpaired) electrons. The van der Waals surface area contributed by atoms with Gasteiger partial charge in [0, 0.05) is 19.1 Å². The molecule has 0 heterocycles. The molecule has 2 N–H and O–H groups in total. The fourth-order valence-electron chi connectivity index (χ4n) is 2.15. The number of aliphatic hydroxyl groups is 1. The molecule has 0 atom stereocenters. The molecule has 1 aliphatic rings. The van der Waals surface area contributed by atoms with Crippen molar-refractivity contribution < 1.29 is 14.6 Å². The number of hydrogen-bond donors (Lipinski definition) is 2. The summed E-state index contributed by atoms with van der Waals surface area (Å²) < 4.78 is 5.17. The zero-order valence-electron chi connectivity index (χ0n) is 11.3. The lowest BCUT2D eigenvalue weighted by Crippen LogP contribution is -2.33. The number of carbonyl (C=O) groups excluding carboxylic acids is 1. The fourth-order valence-corrected chi connectivity index (χ4v) is 2.15. The van der Waals surface area contributed by atoms with E-state index in [2.05, 4.69) is 5.32 Å². The molecule has 0 saturated heterocycles. The van der Waals surface area contributed by atoms with Crippen LogP contribution in [-0.2, 0) is 22.6 Å². The second-order valence-electron chi connectivity index (χ2n) is 5.36. The highest BCUT2D eigenvalue weighted by Crippen LogP contribution is 2.44. The minimum absolute atomic E-state index is 0.0337. The number of rotatable bonds is 7. The summed E-state index contributed by atoms with van der Waals surface area (Å²) in [7, 11) is 1.70. The van der Waals surface area contributed by atoms with Crippen molar-refractivity contribution in [1.29, 1.82) is 0 Å². The van der Waals surface area contributed by atoms with Crippen molar-refractivity contribution in [2.24, 2.45) is 5.41 Å². The van der Waals surface area contributed by atoms with E-state index < -0.39 is 0 Å². The Hall–Kier alpha value is -1.39. The van der Waals surface area contributed by atoms with E-state index >= 15 is 0 Å². The van der Waals surface area contributed by atoms with Crippen LogP contribution in [0, 0.1) is 5.41 Å². The molecule has 104 valence electrons. The number of aliphatic hydroxyl groups excluding tert-OH is 1. The Morgan fingerprint density at radius 3 is 2.47 bits per heavy atom. The molecule has 0 bridgehead atoms. The average molecular weight is 263 g/mol. The molecule has 2 rings (SSSR count). The highest BCUT2D eigenvalue weighted by Gasteiger charge is 2.42. The first-order valence-corrected chi connectivity index (χ1v) is 6.62. The maximum atomic E-state index is 11.8. The number of hydrogen-bond acceptors (Lipinski definition) is 3. The van der Waals surface area contributed by atoms with Gasteiger partial charge in [0.25, 0.3) is 0 Å². The van der Waals surface area contributed by atoms with Crippen molar-refractivity contribution in [3.8, 4) is 0 Å². The Bertz CT molecular complexity index is 424. The van der Waals surface area contributed by atoms with Crippen LogP contribution in [0.2, 0.25) is 0 Å². The van der Waals surface area contributed by atoms with Gasteiger partial charge in [-0.1, -0.05) is 24.3 Å². The van der Waals surface area contributed by atoms with Gasteiger partial charge in [0.05, 0.1) is 19.6 Å². The van der Waals surface area contributed by atoms with Crippen molar-refractivity contribution in [2.75, 3.05) is 20.3 Å². The Morgan fingerprint density at radius 1 is 1.32 bits per heavy atom. The first kappa shape index (κ1) is 14.0. The highest BCUT2D eigenvalue weighted by molar-refractivity contribution is 5.78. The molecule has 0 aromatic heterocycles. The van der Waals surface area contributed by atoms with Crippen LogP contribution in [0.1, 0.15) is 24.0 Å². The Morgan fingerprint density at radius 2 is 1.95 bits per heavy atom. The number of nitrogens with one attached hydrogen (secondary N) is 1. The predicted molar refractivity (Wildman–Crippen MR) is 72.6 cm³/mol. The van der Waals surface area contributed by atoms with E-state index in [9.17, 15) is 4.79 Å². The van der Waals surface area contributed by atoms with E-state index in [1.54, 1.807) is 7.11 Å². The van der Waals surface area contributed by atoms with E-state index in [1.807, 2.05) is 24.3 Å². The first-order chi connectivity index (χ1) is 9.17. The van der Waals surface area contributed by atoms with Crippen LogP contribution in [0.25, 0.3) is 0 Å². The number of carbonyl (C=O) groups is 1. The van der Waals surface area contributed by atoms with Crippen LogP contribution in [0.15, 0.2) is 24.3 Å². The fraction of sp³-hybridized carbons (Fsp3) is 0.533. The molecule has 1 aliphatic carbocycles. The van der Waals surface area contributed by atoms with Gasteiger partial charge in [0.2, 0.25) is 5.91 Å². The highest BCUT2D eigenvalue weighted by atomic mass is 16.5. The average Bonchev–Trinajstić information content (AvgIpc) is 3.18. The maximum absolute atomic E-state index is 11.8. The maximum Gasteiger partial charge on any atom is 0.224 e. The Labute approximate surface area is 113 Å². The van der Waals surface area contributed by atoms with Crippen LogP contribution in [0.4, 0.5) is 0 Å².